The average molecular weight is 457 g/mol. The third-order valence-electron chi connectivity index (χ3n) is 5.44. The molecule has 1 aliphatic carbocycles. The highest BCUT2D eigenvalue weighted by Gasteiger charge is 2.42. The Morgan fingerprint density at radius 2 is 2.10 bits per heavy atom. The summed E-state index contributed by atoms with van der Waals surface area (Å²) in [4.78, 5) is 19.0. The van der Waals surface area contributed by atoms with Crippen LogP contribution in [0.25, 0.3) is 0 Å². The number of rotatable bonds is 4. The average Bonchev–Trinajstić information content (AvgIpc) is 3.34. The maximum absolute atomic E-state index is 13.1. The van der Waals surface area contributed by atoms with E-state index in [0.29, 0.717) is 23.3 Å². The van der Waals surface area contributed by atoms with Gasteiger partial charge in [-0.2, -0.15) is 4.98 Å². The lowest BCUT2D eigenvalue weighted by atomic mass is 9.73. The molecule has 30 heavy (non-hydrogen) atoms. The third-order valence-corrected chi connectivity index (χ3v) is 7.62. The van der Waals surface area contributed by atoms with Crippen LogP contribution in [0.15, 0.2) is 58.2 Å². The lowest BCUT2D eigenvalue weighted by Crippen LogP contribution is -2.36. The number of carbonyl (C=O) groups is 1. The van der Waals surface area contributed by atoms with Crippen LogP contribution in [-0.4, -0.2) is 20.5 Å². The number of Topliss-reactive ketones (excluding diaryl/α,β-unsaturated/α-hetero) is 1. The Bertz CT molecular complexity index is 1150. The Kier molecular flexibility index (Phi) is 5.00. The van der Waals surface area contributed by atoms with E-state index in [4.69, 9.17) is 21.7 Å². The van der Waals surface area contributed by atoms with Crippen LogP contribution in [0.5, 0.6) is 0 Å². The lowest BCUT2D eigenvalue weighted by Gasteiger charge is -2.37. The number of benzene rings is 1. The van der Waals surface area contributed by atoms with Gasteiger partial charge >= 0.3 is 0 Å². The number of ketones is 1. The number of allylic oxidation sites excluding steroid dienone is 2. The number of anilines is 1. The third kappa shape index (κ3) is 3.59. The van der Waals surface area contributed by atoms with Gasteiger partial charge in [-0.25, -0.2) is 4.68 Å². The van der Waals surface area contributed by atoms with E-state index < -0.39 is 0 Å². The van der Waals surface area contributed by atoms with Crippen molar-refractivity contribution in [1.29, 1.82) is 0 Å². The molecule has 1 atom stereocenters. The normalized spacial score (nSPS) is 20.0. The fourth-order valence-corrected chi connectivity index (χ4v) is 6.05. The van der Waals surface area contributed by atoms with Crippen LogP contribution in [0.3, 0.4) is 0 Å². The van der Waals surface area contributed by atoms with Crippen LogP contribution in [0.4, 0.5) is 5.95 Å². The molecule has 5 rings (SSSR count). The first kappa shape index (κ1) is 19.8. The number of thioether (sulfide) groups is 1. The monoisotopic (exact) mass is 456 g/mol. The van der Waals surface area contributed by atoms with E-state index in [9.17, 15) is 4.79 Å². The van der Waals surface area contributed by atoms with Gasteiger partial charge in [-0.1, -0.05) is 61.5 Å². The van der Waals surface area contributed by atoms with Gasteiger partial charge < -0.3 is 5.32 Å². The van der Waals surface area contributed by atoms with Crippen molar-refractivity contribution >= 4 is 46.4 Å². The summed E-state index contributed by atoms with van der Waals surface area (Å²) in [6.45, 7) is 4.28. The van der Waals surface area contributed by atoms with E-state index >= 15 is 0 Å². The summed E-state index contributed by atoms with van der Waals surface area (Å²) in [6, 6.07) is 11.7. The molecule has 0 unspecified atom stereocenters. The molecular weight excluding hydrogens is 436 g/mol. The van der Waals surface area contributed by atoms with E-state index in [-0.39, 0.29) is 17.2 Å². The second-order valence-corrected chi connectivity index (χ2v) is 10.7. The Hall–Kier alpha value is -2.09. The lowest BCUT2D eigenvalue weighted by molar-refractivity contribution is -0.118. The minimum Gasteiger partial charge on any atom is -0.328 e. The van der Waals surface area contributed by atoms with Crippen molar-refractivity contribution in [3.63, 3.8) is 0 Å². The van der Waals surface area contributed by atoms with Crippen molar-refractivity contribution in [2.45, 2.75) is 43.6 Å². The highest BCUT2D eigenvalue weighted by atomic mass is 35.5. The number of hydrogen-bond acceptors (Lipinski definition) is 6. The number of halogens is 1. The zero-order valence-corrected chi connectivity index (χ0v) is 19.1. The van der Waals surface area contributed by atoms with E-state index in [2.05, 4.69) is 25.2 Å². The molecule has 2 aromatic heterocycles. The van der Waals surface area contributed by atoms with Crippen LogP contribution >= 0.6 is 34.7 Å². The Labute approximate surface area is 188 Å². The topological polar surface area (TPSA) is 59.8 Å². The number of nitrogens with one attached hydrogen (secondary N) is 1. The van der Waals surface area contributed by atoms with Crippen LogP contribution in [0, 0.1) is 5.41 Å². The summed E-state index contributed by atoms with van der Waals surface area (Å²) in [6.07, 6.45) is 1.37. The van der Waals surface area contributed by atoms with Crippen LogP contribution < -0.4 is 5.32 Å². The minimum atomic E-state index is -0.220. The van der Waals surface area contributed by atoms with Gasteiger partial charge in [-0.05, 0) is 34.9 Å². The van der Waals surface area contributed by atoms with E-state index in [0.717, 1.165) is 33.2 Å². The quantitative estimate of drug-likeness (QED) is 0.492. The zero-order chi connectivity index (χ0) is 20.9. The first-order chi connectivity index (χ1) is 14.4. The molecule has 8 heteroatoms. The van der Waals surface area contributed by atoms with Crippen LogP contribution in [0.2, 0.25) is 5.02 Å². The summed E-state index contributed by atoms with van der Waals surface area (Å²) in [5.41, 5.74) is 2.80. The fourth-order valence-electron chi connectivity index (χ4n) is 4.12. The largest absolute Gasteiger partial charge is 0.328 e. The molecule has 3 heterocycles. The van der Waals surface area contributed by atoms with Crippen LogP contribution in [0.1, 0.15) is 43.2 Å². The minimum absolute atomic E-state index is 0.0628. The summed E-state index contributed by atoms with van der Waals surface area (Å²) in [5.74, 6) is 1.57. The molecule has 3 aromatic rings. The predicted molar refractivity (Wildman–Crippen MR) is 122 cm³/mol. The maximum Gasteiger partial charge on any atom is 0.227 e. The van der Waals surface area contributed by atoms with Gasteiger partial charge in [0.2, 0.25) is 11.1 Å². The molecule has 0 bridgehead atoms. The first-order valence-corrected chi connectivity index (χ1v) is 12.0. The molecule has 0 amide bonds. The highest BCUT2D eigenvalue weighted by molar-refractivity contribution is 7.98. The molecule has 0 saturated heterocycles. The fraction of sp³-hybridized carbons (Fsp3) is 0.318. The summed E-state index contributed by atoms with van der Waals surface area (Å²) in [7, 11) is 0. The molecule has 1 aliphatic heterocycles. The van der Waals surface area contributed by atoms with Crippen molar-refractivity contribution in [2.24, 2.45) is 5.41 Å². The molecular formula is C22H21ClN4OS2. The highest BCUT2D eigenvalue weighted by Crippen LogP contribution is 2.46. The van der Waals surface area contributed by atoms with Gasteiger partial charge in [0, 0.05) is 33.3 Å². The van der Waals surface area contributed by atoms with Crippen molar-refractivity contribution in [1.82, 2.24) is 14.8 Å². The molecule has 0 saturated carbocycles. The van der Waals surface area contributed by atoms with Crippen molar-refractivity contribution < 1.29 is 4.79 Å². The number of nitrogens with zero attached hydrogens (tertiary/aromatic N) is 3. The van der Waals surface area contributed by atoms with Crippen molar-refractivity contribution in [2.75, 3.05) is 5.32 Å². The Morgan fingerprint density at radius 1 is 1.27 bits per heavy atom. The van der Waals surface area contributed by atoms with Crippen molar-refractivity contribution in [3.8, 4) is 0 Å². The standard InChI is InChI=1S/C22H21ClN4OS2/c1-22(2)10-15-18(16(28)11-22)19(17-8-5-9-29-17)27-20(24-15)25-21(26-27)30-12-13-6-3-4-7-14(13)23/h3-9,19H,10-12H2,1-2H3,(H,24,25,26)/t19-/m0/s1. The Balaban J connectivity index is 1.51. The first-order valence-electron chi connectivity index (χ1n) is 9.81. The second-order valence-electron chi connectivity index (χ2n) is 8.42. The van der Waals surface area contributed by atoms with Crippen molar-refractivity contribution in [3.05, 3.63) is 68.5 Å². The smallest absolute Gasteiger partial charge is 0.227 e. The van der Waals surface area contributed by atoms with E-state index in [1.165, 1.54) is 0 Å². The number of hydrogen-bond donors (Lipinski definition) is 1. The van der Waals surface area contributed by atoms with Gasteiger partial charge in [0.15, 0.2) is 5.78 Å². The van der Waals surface area contributed by atoms with Gasteiger partial charge in [-0.15, -0.1) is 16.4 Å². The SMILES string of the molecule is CC1(C)CC(=O)C2=C(C1)Nc1nc(SCc3ccccc3Cl)nn1[C@H]2c1cccs1. The van der Waals surface area contributed by atoms with Crippen LogP contribution in [-0.2, 0) is 10.5 Å². The van der Waals surface area contributed by atoms with Gasteiger partial charge in [0.05, 0.1) is 0 Å². The predicted octanol–water partition coefficient (Wildman–Crippen LogP) is 5.94. The number of carbonyl (C=O) groups excluding carboxylic acids is 1. The molecule has 0 spiro atoms. The van der Waals surface area contributed by atoms with E-state index in [1.807, 2.05) is 40.4 Å². The Morgan fingerprint density at radius 3 is 2.87 bits per heavy atom. The van der Waals surface area contributed by atoms with Gasteiger partial charge in [0.1, 0.15) is 6.04 Å². The van der Waals surface area contributed by atoms with Gasteiger partial charge in [0.25, 0.3) is 0 Å². The number of aromatic nitrogens is 3. The van der Waals surface area contributed by atoms with E-state index in [1.54, 1.807) is 23.1 Å². The summed E-state index contributed by atoms with van der Waals surface area (Å²) in [5, 5.41) is 11.7. The van der Waals surface area contributed by atoms with Gasteiger partial charge in [-0.3, -0.25) is 4.79 Å². The zero-order valence-electron chi connectivity index (χ0n) is 16.7. The number of thiophene rings is 1. The molecule has 2 aliphatic rings. The number of fused-ring (bicyclic) bond motifs is 1. The molecule has 5 nitrogen and oxygen atoms in total. The molecule has 1 aromatic carbocycles. The summed E-state index contributed by atoms with van der Waals surface area (Å²) < 4.78 is 1.87. The molecule has 154 valence electrons. The molecule has 0 fully saturated rings. The molecule has 0 radical (unpaired) electrons. The second kappa shape index (κ2) is 7.55. The molecule has 1 N–H and O–H groups in total. The maximum atomic E-state index is 13.1. The summed E-state index contributed by atoms with van der Waals surface area (Å²) >= 11 is 9.49.